The molecular formula is C12H18N2O2S2. The second-order valence-corrected chi connectivity index (χ2v) is 7.89. The Labute approximate surface area is 113 Å². The average Bonchev–Trinajstić information content (AvgIpc) is 2.26. The minimum Gasteiger partial charge on any atom is -0.399 e. The van der Waals surface area contributed by atoms with Gasteiger partial charge in [0.15, 0.2) is 0 Å². The van der Waals surface area contributed by atoms with Crippen LogP contribution in [0, 0.1) is 5.92 Å². The maximum atomic E-state index is 12.3. The van der Waals surface area contributed by atoms with Crippen molar-refractivity contribution in [1.29, 1.82) is 0 Å². The number of thioether (sulfide) groups is 1. The Kier molecular flexibility index (Phi) is 3.77. The minimum atomic E-state index is -3.25. The molecule has 1 aliphatic heterocycles. The molecule has 1 heterocycles. The number of nitrogens with two attached hydrogens (primary N) is 1. The van der Waals surface area contributed by atoms with Gasteiger partial charge in [0.2, 0.25) is 10.0 Å². The van der Waals surface area contributed by atoms with Crippen molar-refractivity contribution in [1.82, 2.24) is 0 Å². The van der Waals surface area contributed by atoms with Gasteiger partial charge < -0.3 is 5.73 Å². The van der Waals surface area contributed by atoms with Crippen LogP contribution in [-0.4, -0.2) is 26.5 Å². The molecule has 1 aliphatic rings. The lowest BCUT2D eigenvalue weighted by Gasteiger charge is -2.30. The van der Waals surface area contributed by atoms with Crippen molar-refractivity contribution in [2.45, 2.75) is 18.7 Å². The highest BCUT2D eigenvalue weighted by Crippen LogP contribution is 2.37. The standard InChI is InChI=1S/C12H18N2O2S2/c1-9(2)8-18(15,16)14-5-6-17-12-4-3-10(13)7-11(12)14/h3-4,7,9H,5-6,8,13H2,1-2H3. The number of hydrogen-bond donors (Lipinski definition) is 1. The van der Waals surface area contributed by atoms with Gasteiger partial charge in [-0.1, -0.05) is 13.8 Å². The Hall–Kier alpha value is -0.880. The molecule has 0 unspecified atom stereocenters. The van der Waals surface area contributed by atoms with Crippen LogP contribution in [0.25, 0.3) is 0 Å². The summed E-state index contributed by atoms with van der Waals surface area (Å²) in [5.41, 5.74) is 7.08. The summed E-state index contributed by atoms with van der Waals surface area (Å²) in [7, 11) is -3.25. The van der Waals surface area contributed by atoms with Crippen molar-refractivity contribution in [3.05, 3.63) is 18.2 Å². The molecular weight excluding hydrogens is 268 g/mol. The number of nitrogens with zero attached hydrogens (tertiary/aromatic N) is 1. The fraction of sp³-hybridized carbons (Fsp3) is 0.500. The Morgan fingerprint density at radius 2 is 2.17 bits per heavy atom. The quantitative estimate of drug-likeness (QED) is 0.865. The molecule has 2 rings (SSSR count). The molecule has 0 aromatic heterocycles. The first-order chi connectivity index (χ1) is 8.40. The molecule has 6 heteroatoms. The van der Waals surface area contributed by atoms with Crippen LogP contribution in [0.15, 0.2) is 23.1 Å². The lowest BCUT2D eigenvalue weighted by molar-refractivity contribution is 0.578. The minimum absolute atomic E-state index is 0.120. The first-order valence-electron chi connectivity index (χ1n) is 5.93. The number of rotatable bonds is 3. The van der Waals surface area contributed by atoms with E-state index in [4.69, 9.17) is 5.73 Å². The number of anilines is 2. The summed E-state index contributed by atoms with van der Waals surface area (Å²) in [5, 5.41) is 0. The smallest absolute Gasteiger partial charge is 0.235 e. The Morgan fingerprint density at radius 1 is 1.44 bits per heavy atom. The molecule has 0 saturated carbocycles. The molecule has 2 N–H and O–H groups in total. The summed E-state index contributed by atoms with van der Waals surface area (Å²) < 4.78 is 26.2. The predicted octanol–water partition coefficient (Wildman–Crippen LogP) is 2.17. The van der Waals surface area contributed by atoms with Gasteiger partial charge in [-0.05, 0) is 24.1 Å². The Balaban J connectivity index is 2.41. The molecule has 0 aliphatic carbocycles. The van der Waals surface area contributed by atoms with E-state index in [2.05, 4.69) is 0 Å². The summed E-state index contributed by atoms with van der Waals surface area (Å²) in [4.78, 5) is 0.989. The second kappa shape index (κ2) is 5.01. The topological polar surface area (TPSA) is 63.4 Å². The van der Waals surface area contributed by atoms with Crippen molar-refractivity contribution < 1.29 is 8.42 Å². The van der Waals surface area contributed by atoms with Gasteiger partial charge in [0, 0.05) is 22.9 Å². The molecule has 0 spiro atoms. The van der Waals surface area contributed by atoms with Crippen LogP contribution in [0.5, 0.6) is 0 Å². The van der Waals surface area contributed by atoms with Crippen molar-refractivity contribution in [2.24, 2.45) is 5.92 Å². The number of fused-ring (bicyclic) bond motifs is 1. The Morgan fingerprint density at radius 3 is 2.83 bits per heavy atom. The normalized spacial score (nSPS) is 15.8. The highest BCUT2D eigenvalue weighted by atomic mass is 32.2. The molecule has 1 aromatic rings. The van der Waals surface area contributed by atoms with Gasteiger partial charge in [-0.25, -0.2) is 8.42 Å². The van der Waals surface area contributed by atoms with Gasteiger partial charge in [0.25, 0.3) is 0 Å². The second-order valence-electron chi connectivity index (χ2n) is 4.82. The van der Waals surface area contributed by atoms with Crippen molar-refractivity contribution in [2.75, 3.05) is 28.1 Å². The first kappa shape index (κ1) is 13.5. The van der Waals surface area contributed by atoms with Crippen LogP contribution >= 0.6 is 11.8 Å². The number of sulfonamides is 1. The summed E-state index contributed by atoms with van der Waals surface area (Å²) in [6.45, 7) is 4.35. The fourth-order valence-corrected chi connectivity index (χ4v) is 5.00. The molecule has 0 saturated heterocycles. The van der Waals surface area contributed by atoms with Crippen molar-refractivity contribution in [3.8, 4) is 0 Å². The summed E-state index contributed by atoms with van der Waals surface area (Å²) in [5.74, 6) is 1.08. The van der Waals surface area contributed by atoms with Gasteiger partial charge >= 0.3 is 0 Å². The maximum absolute atomic E-state index is 12.3. The molecule has 4 nitrogen and oxygen atoms in total. The third-order valence-corrected chi connectivity index (χ3v) is 5.87. The van der Waals surface area contributed by atoms with Crippen LogP contribution in [0.2, 0.25) is 0 Å². The zero-order valence-electron chi connectivity index (χ0n) is 10.6. The maximum Gasteiger partial charge on any atom is 0.235 e. The summed E-state index contributed by atoms with van der Waals surface area (Å²) in [6, 6.07) is 5.45. The average molecular weight is 286 g/mol. The molecule has 0 bridgehead atoms. The monoisotopic (exact) mass is 286 g/mol. The molecule has 0 fully saturated rings. The molecule has 18 heavy (non-hydrogen) atoms. The van der Waals surface area contributed by atoms with Gasteiger partial charge in [0.05, 0.1) is 11.4 Å². The molecule has 0 amide bonds. The van der Waals surface area contributed by atoms with Crippen molar-refractivity contribution >= 4 is 33.2 Å². The van der Waals surface area contributed by atoms with Crippen LogP contribution in [0.4, 0.5) is 11.4 Å². The lowest BCUT2D eigenvalue weighted by Crippen LogP contribution is -2.38. The van der Waals surface area contributed by atoms with Crippen LogP contribution < -0.4 is 10.0 Å². The highest BCUT2D eigenvalue weighted by Gasteiger charge is 2.28. The third-order valence-electron chi connectivity index (χ3n) is 2.68. The SMILES string of the molecule is CC(C)CS(=O)(=O)N1CCSc2ccc(N)cc21. The van der Waals surface area contributed by atoms with Gasteiger partial charge in [-0.3, -0.25) is 4.31 Å². The third kappa shape index (κ3) is 2.75. The van der Waals surface area contributed by atoms with Gasteiger partial charge in [-0.2, -0.15) is 0 Å². The summed E-state index contributed by atoms with van der Waals surface area (Å²) in [6.07, 6.45) is 0. The predicted molar refractivity (Wildman–Crippen MR) is 77.5 cm³/mol. The number of hydrogen-bond acceptors (Lipinski definition) is 4. The Bertz CT molecular complexity index is 541. The molecule has 100 valence electrons. The highest BCUT2D eigenvalue weighted by molar-refractivity contribution is 8.00. The van der Waals surface area contributed by atoms with E-state index in [-0.39, 0.29) is 11.7 Å². The lowest BCUT2D eigenvalue weighted by atomic mass is 10.3. The summed E-state index contributed by atoms with van der Waals surface area (Å²) >= 11 is 1.67. The van der Waals surface area contributed by atoms with E-state index in [0.29, 0.717) is 12.2 Å². The zero-order chi connectivity index (χ0) is 13.3. The van der Waals surface area contributed by atoms with E-state index >= 15 is 0 Å². The van der Waals surface area contributed by atoms with Crippen LogP contribution in [0.3, 0.4) is 0 Å². The van der Waals surface area contributed by atoms with E-state index < -0.39 is 10.0 Å². The van der Waals surface area contributed by atoms with Gasteiger partial charge in [-0.15, -0.1) is 11.8 Å². The van der Waals surface area contributed by atoms with Crippen molar-refractivity contribution in [3.63, 3.8) is 0 Å². The van der Waals surface area contributed by atoms with Crippen LogP contribution in [-0.2, 0) is 10.0 Å². The van der Waals surface area contributed by atoms with E-state index in [1.807, 2.05) is 26.0 Å². The fourth-order valence-electron chi connectivity index (χ4n) is 2.01. The first-order valence-corrected chi connectivity index (χ1v) is 8.52. The number of nitrogen functional groups attached to an aromatic ring is 1. The van der Waals surface area contributed by atoms with E-state index in [1.54, 1.807) is 17.8 Å². The van der Waals surface area contributed by atoms with E-state index in [1.165, 1.54) is 4.31 Å². The largest absolute Gasteiger partial charge is 0.399 e. The zero-order valence-corrected chi connectivity index (χ0v) is 12.2. The molecule has 0 radical (unpaired) electrons. The number of benzene rings is 1. The van der Waals surface area contributed by atoms with Gasteiger partial charge in [0.1, 0.15) is 0 Å². The van der Waals surface area contributed by atoms with E-state index in [9.17, 15) is 8.42 Å². The van der Waals surface area contributed by atoms with Crippen LogP contribution in [0.1, 0.15) is 13.8 Å². The molecule has 1 aromatic carbocycles. The van der Waals surface area contributed by atoms with E-state index in [0.717, 1.165) is 16.3 Å². The molecule has 0 atom stereocenters.